The van der Waals surface area contributed by atoms with E-state index in [4.69, 9.17) is 5.11 Å². The molecule has 25 heavy (non-hydrogen) atoms. The molecule has 0 bridgehead atoms. The van der Waals surface area contributed by atoms with E-state index in [0.717, 1.165) is 5.56 Å². The van der Waals surface area contributed by atoms with E-state index in [9.17, 15) is 14.4 Å². The molecule has 7 heteroatoms. The topological polar surface area (TPSA) is 101 Å². The van der Waals surface area contributed by atoms with Gasteiger partial charge in [-0.05, 0) is 30.9 Å². The first-order valence-corrected chi connectivity index (χ1v) is 8.26. The fourth-order valence-electron chi connectivity index (χ4n) is 2.68. The molecule has 0 fully saturated rings. The van der Waals surface area contributed by atoms with Crippen LogP contribution < -0.4 is 10.9 Å². The number of aryl methyl sites for hydroxylation is 2. The highest BCUT2D eigenvalue weighted by molar-refractivity contribution is 5.83. The van der Waals surface area contributed by atoms with E-state index in [-0.39, 0.29) is 24.4 Å². The van der Waals surface area contributed by atoms with Gasteiger partial charge >= 0.3 is 5.97 Å². The SMILES string of the molecule is Cc1cccc2c(=O)n(CCC(=O)N[C@@H](CC(C)C)C(=O)O)cnc12. The number of para-hydroxylation sites is 1. The lowest BCUT2D eigenvalue weighted by molar-refractivity contribution is -0.142. The van der Waals surface area contributed by atoms with Crippen molar-refractivity contribution in [3.05, 3.63) is 40.4 Å². The number of aromatic nitrogens is 2. The van der Waals surface area contributed by atoms with E-state index in [1.54, 1.807) is 12.1 Å². The molecule has 0 aliphatic rings. The number of hydrogen-bond acceptors (Lipinski definition) is 4. The van der Waals surface area contributed by atoms with Crippen molar-refractivity contribution < 1.29 is 14.7 Å². The lowest BCUT2D eigenvalue weighted by Gasteiger charge is -2.16. The highest BCUT2D eigenvalue weighted by Gasteiger charge is 2.21. The molecule has 2 aromatic rings. The number of nitrogens with zero attached hydrogens (tertiary/aromatic N) is 2. The monoisotopic (exact) mass is 345 g/mol. The summed E-state index contributed by atoms with van der Waals surface area (Å²) in [6, 6.07) is 4.47. The standard InChI is InChI=1S/C18H23N3O4/c1-11(2)9-14(18(24)25)20-15(22)7-8-21-10-19-16-12(3)5-4-6-13(16)17(21)23/h4-6,10-11,14H,7-9H2,1-3H3,(H,20,22)(H,24,25)/t14-/m0/s1. The predicted molar refractivity (Wildman–Crippen MR) is 94.4 cm³/mol. The molecule has 7 nitrogen and oxygen atoms in total. The fraction of sp³-hybridized carbons (Fsp3) is 0.444. The summed E-state index contributed by atoms with van der Waals surface area (Å²) >= 11 is 0. The second-order valence-electron chi connectivity index (χ2n) is 6.55. The molecule has 0 spiro atoms. The van der Waals surface area contributed by atoms with Crippen LogP contribution in [0.2, 0.25) is 0 Å². The second-order valence-corrected chi connectivity index (χ2v) is 6.55. The molecule has 1 amide bonds. The van der Waals surface area contributed by atoms with Gasteiger partial charge in [0.25, 0.3) is 5.56 Å². The van der Waals surface area contributed by atoms with Crippen LogP contribution in [0.1, 0.15) is 32.3 Å². The maximum absolute atomic E-state index is 12.5. The number of aliphatic carboxylic acids is 1. The number of carboxylic acids is 1. The predicted octanol–water partition coefficient (Wildman–Crippen LogP) is 1.71. The Hall–Kier alpha value is -2.70. The number of nitrogens with one attached hydrogen (secondary N) is 1. The molecular weight excluding hydrogens is 322 g/mol. The zero-order chi connectivity index (χ0) is 18.6. The summed E-state index contributed by atoms with van der Waals surface area (Å²) < 4.78 is 1.37. The molecule has 1 aromatic carbocycles. The average Bonchev–Trinajstić information content (AvgIpc) is 2.54. The van der Waals surface area contributed by atoms with Crippen molar-refractivity contribution in [1.29, 1.82) is 0 Å². The summed E-state index contributed by atoms with van der Waals surface area (Å²) in [5.41, 5.74) is 1.35. The molecule has 1 heterocycles. The van der Waals surface area contributed by atoms with E-state index in [2.05, 4.69) is 10.3 Å². The largest absolute Gasteiger partial charge is 0.480 e. The van der Waals surface area contributed by atoms with Crippen LogP contribution in [0.3, 0.4) is 0 Å². The molecule has 0 aliphatic heterocycles. The van der Waals surface area contributed by atoms with E-state index in [0.29, 0.717) is 17.3 Å². The van der Waals surface area contributed by atoms with Crippen LogP contribution in [-0.4, -0.2) is 32.6 Å². The Bertz CT molecular complexity index is 842. The third-order valence-electron chi connectivity index (χ3n) is 3.98. The molecule has 0 unspecified atom stereocenters. The number of carboxylic acid groups (broad SMARTS) is 1. The van der Waals surface area contributed by atoms with Crippen LogP contribution in [0.25, 0.3) is 10.9 Å². The van der Waals surface area contributed by atoms with Crippen LogP contribution in [0.4, 0.5) is 0 Å². The van der Waals surface area contributed by atoms with Crippen molar-refractivity contribution in [2.75, 3.05) is 0 Å². The number of carbonyl (C=O) groups excluding carboxylic acids is 1. The summed E-state index contributed by atoms with van der Waals surface area (Å²) in [7, 11) is 0. The molecule has 0 saturated heterocycles. The van der Waals surface area contributed by atoms with Crippen molar-refractivity contribution in [3.8, 4) is 0 Å². The minimum Gasteiger partial charge on any atom is -0.480 e. The third-order valence-corrected chi connectivity index (χ3v) is 3.98. The molecule has 0 radical (unpaired) electrons. The van der Waals surface area contributed by atoms with Crippen LogP contribution in [-0.2, 0) is 16.1 Å². The van der Waals surface area contributed by atoms with Crippen LogP contribution in [0, 0.1) is 12.8 Å². The number of rotatable bonds is 7. The van der Waals surface area contributed by atoms with Gasteiger partial charge in [0.15, 0.2) is 0 Å². The minimum atomic E-state index is -1.05. The molecular formula is C18H23N3O4. The molecule has 0 saturated carbocycles. The first kappa shape index (κ1) is 18.6. The number of fused-ring (bicyclic) bond motifs is 1. The van der Waals surface area contributed by atoms with Crippen molar-refractivity contribution in [3.63, 3.8) is 0 Å². The Kier molecular flexibility index (Phi) is 5.90. The van der Waals surface area contributed by atoms with Gasteiger partial charge in [0.1, 0.15) is 6.04 Å². The van der Waals surface area contributed by atoms with Crippen LogP contribution >= 0.6 is 0 Å². The molecule has 1 atom stereocenters. The molecule has 1 aromatic heterocycles. The van der Waals surface area contributed by atoms with Crippen molar-refractivity contribution >= 4 is 22.8 Å². The number of benzene rings is 1. The highest BCUT2D eigenvalue weighted by atomic mass is 16.4. The first-order chi connectivity index (χ1) is 11.8. The summed E-state index contributed by atoms with van der Waals surface area (Å²) in [5.74, 6) is -1.30. The number of amides is 1. The van der Waals surface area contributed by atoms with Gasteiger partial charge in [0.2, 0.25) is 5.91 Å². The van der Waals surface area contributed by atoms with Gasteiger partial charge in [-0.2, -0.15) is 0 Å². The maximum Gasteiger partial charge on any atom is 0.326 e. The van der Waals surface area contributed by atoms with Gasteiger partial charge in [-0.25, -0.2) is 9.78 Å². The maximum atomic E-state index is 12.5. The third kappa shape index (κ3) is 4.65. The lowest BCUT2D eigenvalue weighted by atomic mass is 10.0. The second kappa shape index (κ2) is 7.92. The van der Waals surface area contributed by atoms with E-state index >= 15 is 0 Å². The lowest BCUT2D eigenvalue weighted by Crippen LogP contribution is -2.42. The molecule has 134 valence electrons. The minimum absolute atomic E-state index is 0.0147. The van der Waals surface area contributed by atoms with E-state index in [1.165, 1.54) is 10.9 Å². The number of hydrogen-bond donors (Lipinski definition) is 2. The Morgan fingerprint density at radius 3 is 2.68 bits per heavy atom. The summed E-state index contributed by atoms with van der Waals surface area (Å²) in [6.07, 6.45) is 1.80. The van der Waals surface area contributed by atoms with Gasteiger partial charge < -0.3 is 10.4 Å². The van der Waals surface area contributed by atoms with Gasteiger partial charge in [-0.15, -0.1) is 0 Å². The summed E-state index contributed by atoms with van der Waals surface area (Å²) in [4.78, 5) is 40.0. The first-order valence-electron chi connectivity index (χ1n) is 8.26. The van der Waals surface area contributed by atoms with Gasteiger partial charge in [0.05, 0.1) is 17.2 Å². The molecule has 0 aliphatic carbocycles. The summed E-state index contributed by atoms with van der Waals surface area (Å²) in [6.45, 7) is 5.82. The fourth-order valence-corrected chi connectivity index (χ4v) is 2.68. The van der Waals surface area contributed by atoms with E-state index in [1.807, 2.05) is 26.8 Å². The van der Waals surface area contributed by atoms with Crippen molar-refractivity contribution in [2.24, 2.45) is 5.92 Å². The van der Waals surface area contributed by atoms with Crippen molar-refractivity contribution in [1.82, 2.24) is 14.9 Å². The normalized spacial score (nSPS) is 12.3. The zero-order valence-electron chi connectivity index (χ0n) is 14.7. The Labute approximate surface area is 145 Å². The van der Waals surface area contributed by atoms with Gasteiger partial charge in [0, 0.05) is 13.0 Å². The van der Waals surface area contributed by atoms with Crippen molar-refractivity contribution in [2.45, 2.75) is 46.2 Å². The van der Waals surface area contributed by atoms with Crippen LogP contribution in [0.5, 0.6) is 0 Å². The Morgan fingerprint density at radius 2 is 2.04 bits per heavy atom. The van der Waals surface area contributed by atoms with Crippen LogP contribution in [0.15, 0.2) is 29.3 Å². The Balaban J connectivity index is 2.07. The van der Waals surface area contributed by atoms with Gasteiger partial charge in [-0.3, -0.25) is 14.2 Å². The molecule has 2 N–H and O–H groups in total. The highest BCUT2D eigenvalue weighted by Crippen LogP contribution is 2.11. The average molecular weight is 345 g/mol. The Morgan fingerprint density at radius 1 is 1.32 bits per heavy atom. The van der Waals surface area contributed by atoms with Gasteiger partial charge in [-0.1, -0.05) is 26.0 Å². The smallest absolute Gasteiger partial charge is 0.326 e. The zero-order valence-corrected chi connectivity index (χ0v) is 14.7. The summed E-state index contributed by atoms with van der Waals surface area (Å²) in [5, 5.41) is 12.2. The number of carbonyl (C=O) groups is 2. The quantitative estimate of drug-likeness (QED) is 0.795. The molecule has 2 rings (SSSR count). The van der Waals surface area contributed by atoms with E-state index < -0.39 is 17.9 Å².